The van der Waals surface area contributed by atoms with Crippen LogP contribution >= 0.6 is 23.2 Å². The first kappa shape index (κ1) is 20.0. The van der Waals surface area contributed by atoms with Crippen LogP contribution in [0.15, 0.2) is 41.6 Å². The zero-order valence-corrected chi connectivity index (χ0v) is 16.2. The van der Waals surface area contributed by atoms with E-state index in [1.54, 1.807) is 0 Å². The van der Waals surface area contributed by atoms with Crippen molar-refractivity contribution in [3.8, 4) is 0 Å². The highest BCUT2D eigenvalue weighted by molar-refractivity contribution is 6.32. The number of oxime groups is 1. The van der Waals surface area contributed by atoms with Crippen LogP contribution in [0.4, 0.5) is 10.5 Å². The summed E-state index contributed by atoms with van der Waals surface area (Å²) < 4.78 is 0. The van der Waals surface area contributed by atoms with Crippen molar-refractivity contribution in [1.82, 2.24) is 4.98 Å². The van der Waals surface area contributed by atoms with Gasteiger partial charge in [0.25, 0.3) is 0 Å². The molecule has 26 heavy (non-hydrogen) atoms. The van der Waals surface area contributed by atoms with Gasteiger partial charge < -0.3 is 5.73 Å². The summed E-state index contributed by atoms with van der Waals surface area (Å²) in [6.07, 6.45) is -0.445. The van der Waals surface area contributed by atoms with Gasteiger partial charge >= 0.3 is 6.09 Å². The summed E-state index contributed by atoms with van der Waals surface area (Å²) in [6.45, 7) is 6.44. The average molecular weight is 395 g/mol. The van der Waals surface area contributed by atoms with Crippen LogP contribution in [0.2, 0.25) is 10.3 Å². The fourth-order valence-corrected chi connectivity index (χ4v) is 2.60. The Morgan fingerprint density at radius 2 is 1.77 bits per heavy atom. The Morgan fingerprint density at radius 3 is 2.31 bits per heavy atom. The Balaban J connectivity index is 1.92. The van der Waals surface area contributed by atoms with Gasteiger partial charge in [-0.2, -0.15) is 0 Å². The number of amides is 1. The molecule has 1 heterocycles. The van der Waals surface area contributed by atoms with Crippen LogP contribution in [0.3, 0.4) is 0 Å². The third-order valence-electron chi connectivity index (χ3n) is 3.46. The summed E-state index contributed by atoms with van der Waals surface area (Å²) in [5, 5.41) is 6.36. The van der Waals surface area contributed by atoms with Crippen molar-refractivity contribution in [2.75, 3.05) is 5.32 Å². The Labute approximate surface area is 162 Å². The summed E-state index contributed by atoms with van der Waals surface area (Å²) in [7, 11) is 0. The molecule has 0 fully saturated rings. The zero-order chi connectivity index (χ0) is 19.3. The first-order chi connectivity index (χ1) is 12.1. The van der Waals surface area contributed by atoms with E-state index in [0.29, 0.717) is 12.1 Å². The molecule has 0 spiro atoms. The van der Waals surface area contributed by atoms with E-state index >= 15 is 0 Å². The standard InChI is InChI=1S/C18H20Cl2N4O2/c1-18(2,3)12-6-4-11(5-7-12)8-16(21)24-26-17(25)22-13-9-14(19)23-15(20)10-13/h4-7,9-10H,8H2,1-3H3,(H2,21,24)(H,22,23,25). The van der Waals surface area contributed by atoms with E-state index in [-0.39, 0.29) is 21.6 Å². The van der Waals surface area contributed by atoms with E-state index in [9.17, 15) is 4.79 Å². The summed E-state index contributed by atoms with van der Waals surface area (Å²) in [5.74, 6) is 0.175. The molecule has 1 amide bonds. The van der Waals surface area contributed by atoms with E-state index in [2.05, 4.69) is 36.2 Å². The third kappa shape index (κ3) is 6.20. The number of benzene rings is 1. The van der Waals surface area contributed by atoms with Gasteiger partial charge in [-0.25, -0.2) is 9.78 Å². The molecular weight excluding hydrogens is 375 g/mol. The normalized spacial score (nSPS) is 12.0. The first-order valence-electron chi connectivity index (χ1n) is 7.86. The van der Waals surface area contributed by atoms with Crippen molar-refractivity contribution in [1.29, 1.82) is 0 Å². The fraction of sp³-hybridized carbons (Fsp3) is 0.278. The molecule has 0 unspecified atom stereocenters. The molecule has 0 bridgehead atoms. The van der Waals surface area contributed by atoms with Crippen LogP contribution in [0.1, 0.15) is 31.9 Å². The van der Waals surface area contributed by atoms with Crippen molar-refractivity contribution in [3.05, 3.63) is 57.8 Å². The molecule has 0 aliphatic carbocycles. The van der Waals surface area contributed by atoms with Gasteiger partial charge in [-0.05, 0) is 28.7 Å². The number of nitrogens with two attached hydrogens (primary N) is 1. The van der Waals surface area contributed by atoms with Crippen molar-refractivity contribution in [2.45, 2.75) is 32.6 Å². The largest absolute Gasteiger partial charge is 0.437 e. The maximum Gasteiger partial charge on any atom is 0.437 e. The van der Waals surface area contributed by atoms with Gasteiger partial charge in [0.2, 0.25) is 0 Å². The smallest absolute Gasteiger partial charge is 0.384 e. The summed E-state index contributed by atoms with van der Waals surface area (Å²) in [6, 6.07) is 10.9. The Bertz CT molecular complexity index is 795. The minimum absolute atomic E-state index is 0.0815. The number of anilines is 1. The molecule has 2 rings (SSSR count). The lowest BCUT2D eigenvalue weighted by Crippen LogP contribution is -2.19. The Hall–Kier alpha value is -2.31. The molecule has 1 aromatic heterocycles. The topological polar surface area (TPSA) is 89.6 Å². The van der Waals surface area contributed by atoms with Crippen molar-refractivity contribution in [2.24, 2.45) is 10.9 Å². The number of carbonyl (C=O) groups excluding carboxylic acids is 1. The molecule has 0 saturated heterocycles. The van der Waals surface area contributed by atoms with Gasteiger partial charge in [0.15, 0.2) is 0 Å². The number of hydrogen-bond donors (Lipinski definition) is 2. The van der Waals surface area contributed by atoms with E-state index < -0.39 is 6.09 Å². The maximum atomic E-state index is 11.7. The number of carbonyl (C=O) groups is 1. The van der Waals surface area contributed by atoms with Crippen molar-refractivity contribution < 1.29 is 9.63 Å². The molecule has 2 aromatic rings. The van der Waals surface area contributed by atoms with Crippen LogP contribution in [0.25, 0.3) is 0 Å². The minimum atomic E-state index is -0.811. The van der Waals surface area contributed by atoms with Gasteiger partial charge in [0.05, 0.1) is 5.69 Å². The SMILES string of the molecule is CC(C)(C)c1ccc(C/C(N)=N/OC(=O)Nc2cc(Cl)nc(Cl)c2)cc1. The van der Waals surface area contributed by atoms with Gasteiger partial charge in [-0.15, -0.1) is 0 Å². The molecule has 0 atom stereocenters. The van der Waals surface area contributed by atoms with Gasteiger partial charge in [-0.3, -0.25) is 10.2 Å². The molecule has 1 aromatic carbocycles. The molecule has 6 nitrogen and oxygen atoms in total. The van der Waals surface area contributed by atoms with E-state index in [1.807, 2.05) is 24.3 Å². The predicted molar refractivity (Wildman–Crippen MR) is 105 cm³/mol. The Morgan fingerprint density at radius 1 is 1.19 bits per heavy atom. The average Bonchev–Trinajstić information content (AvgIpc) is 2.51. The molecule has 138 valence electrons. The number of nitrogens with one attached hydrogen (secondary N) is 1. The molecule has 0 saturated carbocycles. The fourth-order valence-electron chi connectivity index (χ4n) is 2.14. The Kier molecular flexibility index (Phi) is 6.45. The van der Waals surface area contributed by atoms with Crippen LogP contribution in [-0.4, -0.2) is 16.9 Å². The van der Waals surface area contributed by atoms with E-state index in [0.717, 1.165) is 5.56 Å². The first-order valence-corrected chi connectivity index (χ1v) is 8.62. The summed E-state index contributed by atoms with van der Waals surface area (Å²) >= 11 is 11.5. The van der Waals surface area contributed by atoms with Crippen molar-refractivity contribution in [3.63, 3.8) is 0 Å². The van der Waals surface area contributed by atoms with Crippen LogP contribution in [0, 0.1) is 0 Å². The number of hydrogen-bond acceptors (Lipinski definition) is 4. The van der Waals surface area contributed by atoms with Crippen LogP contribution in [0.5, 0.6) is 0 Å². The molecule has 0 radical (unpaired) electrons. The second kappa shape index (κ2) is 8.38. The lowest BCUT2D eigenvalue weighted by Gasteiger charge is -2.19. The quantitative estimate of drug-likeness (QED) is 0.257. The number of nitrogens with zero attached hydrogens (tertiary/aromatic N) is 2. The lowest BCUT2D eigenvalue weighted by molar-refractivity contribution is 0.166. The highest BCUT2D eigenvalue weighted by atomic mass is 35.5. The highest BCUT2D eigenvalue weighted by Crippen LogP contribution is 2.22. The number of pyridine rings is 1. The van der Waals surface area contributed by atoms with Gasteiger partial charge in [0, 0.05) is 6.42 Å². The summed E-state index contributed by atoms with van der Waals surface area (Å²) in [5.41, 5.74) is 8.43. The van der Waals surface area contributed by atoms with E-state index in [4.69, 9.17) is 33.8 Å². The van der Waals surface area contributed by atoms with Crippen LogP contribution < -0.4 is 11.1 Å². The predicted octanol–water partition coefficient (Wildman–Crippen LogP) is 4.75. The second-order valence-corrected chi connectivity index (χ2v) is 7.49. The summed E-state index contributed by atoms with van der Waals surface area (Å²) in [4.78, 5) is 20.3. The molecule has 0 aliphatic rings. The van der Waals surface area contributed by atoms with Crippen molar-refractivity contribution >= 4 is 40.8 Å². The molecule has 3 N–H and O–H groups in total. The van der Waals surface area contributed by atoms with Gasteiger partial charge in [-0.1, -0.05) is 73.4 Å². The van der Waals surface area contributed by atoms with Gasteiger partial charge in [0.1, 0.15) is 16.1 Å². The number of halogens is 2. The lowest BCUT2D eigenvalue weighted by atomic mass is 9.86. The zero-order valence-electron chi connectivity index (χ0n) is 14.7. The third-order valence-corrected chi connectivity index (χ3v) is 3.85. The number of aromatic nitrogens is 1. The molecule has 0 aliphatic heterocycles. The monoisotopic (exact) mass is 394 g/mol. The van der Waals surface area contributed by atoms with Crippen LogP contribution in [-0.2, 0) is 16.7 Å². The number of amidine groups is 1. The number of rotatable bonds is 4. The highest BCUT2D eigenvalue weighted by Gasteiger charge is 2.13. The maximum absolute atomic E-state index is 11.7. The molecule has 8 heteroatoms. The minimum Gasteiger partial charge on any atom is -0.384 e. The molecular formula is C18H20Cl2N4O2. The second-order valence-electron chi connectivity index (χ2n) is 6.71. The van der Waals surface area contributed by atoms with E-state index in [1.165, 1.54) is 17.7 Å².